The Morgan fingerprint density at radius 1 is 1.43 bits per heavy atom. The number of sulfonamides is 1. The highest BCUT2D eigenvalue weighted by Crippen LogP contribution is 2.24. The highest BCUT2D eigenvalue weighted by atomic mass is 32.2. The van der Waals surface area contributed by atoms with E-state index in [-0.39, 0.29) is 5.92 Å². The zero-order valence-electron chi connectivity index (χ0n) is 7.08. The molecule has 1 fully saturated rings. The monoisotopic (exact) mass is 230 g/mol. The number of nitrogens with one attached hydrogen (secondary N) is 1. The molecule has 1 heterocycles. The van der Waals surface area contributed by atoms with Crippen molar-refractivity contribution < 1.29 is 21.6 Å². The van der Waals surface area contributed by atoms with Gasteiger partial charge in [0.25, 0.3) is 0 Å². The molecule has 0 aromatic heterocycles. The molecule has 0 aromatic rings. The van der Waals surface area contributed by atoms with Crippen LogP contribution < -0.4 is 5.32 Å². The summed E-state index contributed by atoms with van der Waals surface area (Å²) in [4.78, 5) is 0. The third kappa shape index (κ3) is 2.68. The molecule has 8 heteroatoms. The lowest BCUT2D eigenvalue weighted by atomic mass is 10.1. The summed E-state index contributed by atoms with van der Waals surface area (Å²) in [7, 11) is -5.34. The first-order valence-corrected chi connectivity index (χ1v) is 5.34. The minimum absolute atomic E-state index is 0.230. The van der Waals surface area contributed by atoms with E-state index in [2.05, 4.69) is 9.71 Å². The molecule has 0 amide bonds. The van der Waals surface area contributed by atoms with E-state index in [0.29, 0.717) is 19.5 Å². The molecule has 14 heavy (non-hydrogen) atoms. The van der Waals surface area contributed by atoms with Crippen LogP contribution >= 0.6 is 0 Å². The summed E-state index contributed by atoms with van der Waals surface area (Å²) >= 11 is 0. The molecule has 1 N–H and O–H groups in total. The second-order valence-corrected chi connectivity index (χ2v) is 4.55. The van der Waals surface area contributed by atoms with Crippen LogP contribution in [0.1, 0.15) is 6.42 Å². The Morgan fingerprint density at radius 3 is 2.50 bits per heavy atom. The summed E-state index contributed by atoms with van der Waals surface area (Å²) < 4.78 is 58.9. The van der Waals surface area contributed by atoms with Crippen LogP contribution in [0.5, 0.6) is 0 Å². The number of nitrogens with zero attached hydrogens (tertiary/aromatic N) is 1. The lowest BCUT2D eigenvalue weighted by Crippen LogP contribution is -2.21. The van der Waals surface area contributed by atoms with Gasteiger partial charge in [-0.2, -0.15) is 26.0 Å². The standard InChI is InChI=1S/C6H9F3N2O2S/c7-6(8,9)14(12,13)11-4-5-1-2-10-3-5/h4-5,10H,1-3H2. The molecular formula is C6H9F3N2O2S. The third-order valence-corrected chi connectivity index (χ3v) is 2.79. The Hall–Kier alpha value is -0.630. The molecule has 0 aromatic carbocycles. The van der Waals surface area contributed by atoms with Crippen LogP contribution in [0.2, 0.25) is 0 Å². The third-order valence-electron chi connectivity index (χ3n) is 1.80. The van der Waals surface area contributed by atoms with E-state index in [1.807, 2.05) is 0 Å². The molecule has 1 aliphatic rings. The van der Waals surface area contributed by atoms with Gasteiger partial charge in [0.15, 0.2) is 0 Å². The van der Waals surface area contributed by atoms with E-state index in [1.54, 1.807) is 0 Å². The first-order chi connectivity index (χ1) is 6.33. The van der Waals surface area contributed by atoms with Gasteiger partial charge in [0.1, 0.15) is 0 Å². The van der Waals surface area contributed by atoms with Gasteiger partial charge in [0.2, 0.25) is 0 Å². The fourth-order valence-corrected chi connectivity index (χ4v) is 1.48. The van der Waals surface area contributed by atoms with Crippen molar-refractivity contribution in [3.63, 3.8) is 0 Å². The number of rotatable bonds is 2. The van der Waals surface area contributed by atoms with Crippen molar-refractivity contribution in [3.8, 4) is 0 Å². The molecule has 1 rings (SSSR count). The van der Waals surface area contributed by atoms with Crippen LogP contribution in [-0.4, -0.2) is 33.2 Å². The fourth-order valence-electron chi connectivity index (χ4n) is 1.03. The van der Waals surface area contributed by atoms with Gasteiger partial charge in [-0.3, -0.25) is 0 Å². The van der Waals surface area contributed by atoms with Crippen molar-refractivity contribution in [1.29, 1.82) is 0 Å². The van der Waals surface area contributed by atoms with Gasteiger partial charge >= 0.3 is 15.5 Å². The van der Waals surface area contributed by atoms with Crippen LogP contribution in [-0.2, 0) is 10.0 Å². The maximum Gasteiger partial charge on any atom is 0.518 e. The van der Waals surface area contributed by atoms with E-state index in [4.69, 9.17) is 0 Å². The highest BCUT2D eigenvalue weighted by Gasteiger charge is 2.45. The van der Waals surface area contributed by atoms with Crippen molar-refractivity contribution >= 4 is 16.2 Å². The predicted molar refractivity (Wildman–Crippen MR) is 44.4 cm³/mol. The van der Waals surface area contributed by atoms with Crippen LogP contribution in [0, 0.1) is 5.92 Å². The normalized spacial score (nSPS) is 24.6. The second-order valence-electron chi connectivity index (χ2n) is 2.93. The average Bonchev–Trinajstić information content (AvgIpc) is 2.50. The lowest BCUT2D eigenvalue weighted by Gasteiger charge is -2.03. The van der Waals surface area contributed by atoms with E-state index >= 15 is 0 Å². The maximum absolute atomic E-state index is 11.8. The largest absolute Gasteiger partial charge is 0.518 e. The van der Waals surface area contributed by atoms with Crippen molar-refractivity contribution in [3.05, 3.63) is 0 Å². The van der Waals surface area contributed by atoms with Gasteiger partial charge in [-0.05, 0) is 13.0 Å². The SMILES string of the molecule is O=S(=O)(N=CC1CCNC1)C(F)(F)F. The van der Waals surface area contributed by atoms with E-state index in [0.717, 1.165) is 6.21 Å². The number of hydrogen-bond acceptors (Lipinski definition) is 3. The van der Waals surface area contributed by atoms with Crippen molar-refractivity contribution in [1.82, 2.24) is 5.32 Å². The minimum atomic E-state index is -5.34. The van der Waals surface area contributed by atoms with Gasteiger partial charge in [-0.25, -0.2) is 0 Å². The van der Waals surface area contributed by atoms with Gasteiger partial charge < -0.3 is 5.32 Å². The van der Waals surface area contributed by atoms with E-state index < -0.39 is 15.5 Å². The van der Waals surface area contributed by atoms with Gasteiger partial charge in [0.05, 0.1) is 0 Å². The Bertz CT molecular complexity index is 316. The van der Waals surface area contributed by atoms with Crippen LogP contribution in [0.4, 0.5) is 13.2 Å². The van der Waals surface area contributed by atoms with Gasteiger partial charge in [0, 0.05) is 18.7 Å². The predicted octanol–water partition coefficient (Wildman–Crippen LogP) is 0.516. The summed E-state index contributed by atoms with van der Waals surface area (Å²) in [5, 5.41) is 2.88. The summed E-state index contributed by atoms with van der Waals surface area (Å²) in [5.74, 6) is -0.230. The molecule has 82 valence electrons. The first kappa shape index (κ1) is 11.4. The molecular weight excluding hydrogens is 221 g/mol. The van der Waals surface area contributed by atoms with E-state index in [9.17, 15) is 21.6 Å². The molecule has 1 saturated heterocycles. The molecule has 1 unspecified atom stereocenters. The number of halogens is 3. The summed E-state index contributed by atoms with van der Waals surface area (Å²) in [6.07, 6.45) is 1.46. The van der Waals surface area contributed by atoms with E-state index in [1.165, 1.54) is 0 Å². The minimum Gasteiger partial charge on any atom is -0.316 e. The Labute approximate surface area is 79.3 Å². The summed E-state index contributed by atoms with van der Waals surface area (Å²) in [6.45, 7) is 1.14. The fraction of sp³-hybridized carbons (Fsp3) is 0.833. The lowest BCUT2D eigenvalue weighted by molar-refractivity contribution is -0.0435. The summed E-state index contributed by atoms with van der Waals surface area (Å²) in [6, 6.07) is 0. The molecule has 0 bridgehead atoms. The molecule has 0 saturated carbocycles. The average molecular weight is 230 g/mol. The van der Waals surface area contributed by atoms with Crippen LogP contribution in [0.3, 0.4) is 0 Å². The van der Waals surface area contributed by atoms with Crippen LogP contribution in [0.25, 0.3) is 0 Å². The Kier molecular flexibility index (Phi) is 3.15. The van der Waals surface area contributed by atoms with Gasteiger partial charge in [-0.1, -0.05) is 0 Å². The topological polar surface area (TPSA) is 58.5 Å². The molecule has 1 aliphatic heterocycles. The van der Waals surface area contributed by atoms with Crippen molar-refractivity contribution in [2.24, 2.45) is 10.3 Å². The zero-order chi connectivity index (χ0) is 10.8. The zero-order valence-corrected chi connectivity index (χ0v) is 7.90. The second kappa shape index (κ2) is 3.85. The number of alkyl halides is 3. The number of hydrogen-bond donors (Lipinski definition) is 1. The molecule has 1 atom stereocenters. The quantitative estimate of drug-likeness (QED) is 0.703. The van der Waals surface area contributed by atoms with Crippen molar-refractivity contribution in [2.75, 3.05) is 13.1 Å². The summed E-state index contributed by atoms with van der Waals surface area (Å²) in [5.41, 5.74) is -5.30. The molecule has 0 radical (unpaired) electrons. The first-order valence-electron chi connectivity index (χ1n) is 3.90. The smallest absolute Gasteiger partial charge is 0.316 e. The molecule has 4 nitrogen and oxygen atoms in total. The van der Waals surface area contributed by atoms with Gasteiger partial charge in [-0.15, -0.1) is 0 Å². The molecule has 0 aliphatic carbocycles. The molecule has 0 spiro atoms. The Balaban J connectivity index is 2.67. The highest BCUT2D eigenvalue weighted by molar-refractivity contribution is 7.91. The van der Waals surface area contributed by atoms with Crippen molar-refractivity contribution in [2.45, 2.75) is 11.9 Å². The van der Waals surface area contributed by atoms with Crippen LogP contribution in [0.15, 0.2) is 4.40 Å². The maximum atomic E-state index is 11.8. The Morgan fingerprint density at radius 2 is 2.07 bits per heavy atom.